The lowest BCUT2D eigenvalue weighted by Gasteiger charge is -2.05. The van der Waals surface area contributed by atoms with Crippen molar-refractivity contribution in [3.8, 4) is 0 Å². The fraction of sp³-hybridized carbons (Fsp3) is 0.692. The molecule has 0 aliphatic heterocycles. The van der Waals surface area contributed by atoms with Gasteiger partial charge in [-0.15, -0.1) is 24.8 Å². The smallest absolute Gasteiger partial charge is 0.219 e. The highest BCUT2D eigenvalue weighted by molar-refractivity contribution is 5.85. The van der Waals surface area contributed by atoms with Crippen LogP contribution in [0.25, 0.3) is 0 Å². The Labute approximate surface area is 133 Å². The van der Waals surface area contributed by atoms with E-state index in [0.29, 0.717) is 6.42 Å². The van der Waals surface area contributed by atoms with Crippen molar-refractivity contribution >= 4 is 30.7 Å². The molecule has 7 heteroatoms. The van der Waals surface area contributed by atoms with Gasteiger partial charge in [0.05, 0.1) is 6.33 Å². The predicted molar refractivity (Wildman–Crippen MR) is 86.5 cm³/mol. The first kappa shape index (κ1) is 21.5. The number of carbonyl (C=O) groups excluding carboxylic acids is 1. The zero-order chi connectivity index (χ0) is 13.1. The molecule has 0 unspecified atom stereocenters. The second-order valence-corrected chi connectivity index (χ2v) is 4.46. The number of nitrogens with two attached hydrogens (primary N) is 1. The molecule has 1 aromatic rings. The fourth-order valence-corrected chi connectivity index (χ4v) is 1.78. The highest BCUT2D eigenvalue weighted by atomic mass is 35.5. The summed E-state index contributed by atoms with van der Waals surface area (Å²) < 4.78 is 2.01. The maximum absolute atomic E-state index is 11.5. The largest absolute Gasteiger partial charge is 0.356 e. The number of hydrogen-bond donors (Lipinski definition) is 2. The molecule has 1 heterocycles. The second-order valence-electron chi connectivity index (χ2n) is 4.46. The molecule has 0 saturated heterocycles. The number of aromatic nitrogens is 2. The summed E-state index contributed by atoms with van der Waals surface area (Å²) in [5.41, 5.74) is 5.41. The Morgan fingerprint density at radius 1 is 1.15 bits per heavy atom. The molecule has 0 radical (unpaired) electrons. The van der Waals surface area contributed by atoms with Gasteiger partial charge < -0.3 is 15.6 Å². The van der Waals surface area contributed by atoms with E-state index in [1.165, 1.54) is 0 Å². The molecule has 0 atom stereocenters. The summed E-state index contributed by atoms with van der Waals surface area (Å²) in [6, 6.07) is 0. The lowest BCUT2D eigenvalue weighted by atomic mass is 10.1. The van der Waals surface area contributed by atoms with Gasteiger partial charge in [0.1, 0.15) is 0 Å². The molecule has 1 rings (SSSR count). The third kappa shape index (κ3) is 11.1. The van der Waals surface area contributed by atoms with Crippen LogP contribution in [0.5, 0.6) is 0 Å². The van der Waals surface area contributed by atoms with E-state index in [4.69, 9.17) is 5.73 Å². The van der Waals surface area contributed by atoms with Crippen LogP contribution in [0.3, 0.4) is 0 Å². The van der Waals surface area contributed by atoms with Crippen molar-refractivity contribution in [2.24, 2.45) is 5.73 Å². The molecular weight excluding hydrogens is 299 g/mol. The van der Waals surface area contributed by atoms with E-state index >= 15 is 0 Å². The molecule has 0 bridgehead atoms. The summed E-state index contributed by atoms with van der Waals surface area (Å²) >= 11 is 0. The zero-order valence-electron chi connectivity index (χ0n) is 11.8. The molecule has 0 aliphatic rings. The quantitative estimate of drug-likeness (QED) is 0.647. The van der Waals surface area contributed by atoms with E-state index in [1.54, 1.807) is 12.5 Å². The average molecular weight is 325 g/mol. The number of hydrogen-bond acceptors (Lipinski definition) is 3. The molecule has 0 aromatic carbocycles. The Bertz CT molecular complexity index is 320. The number of carbonyl (C=O) groups is 1. The van der Waals surface area contributed by atoms with Crippen molar-refractivity contribution < 1.29 is 4.79 Å². The van der Waals surface area contributed by atoms with Crippen molar-refractivity contribution in [1.29, 1.82) is 0 Å². The van der Waals surface area contributed by atoms with Crippen LogP contribution >= 0.6 is 24.8 Å². The van der Waals surface area contributed by atoms with Gasteiger partial charge in [-0.25, -0.2) is 4.98 Å². The highest BCUT2D eigenvalue weighted by Gasteiger charge is 2.00. The van der Waals surface area contributed by atoms with Crippen LogP contribution in [-0.4, -0.2) is 28.5 Å². The monoisotopic (exact) mass is 324 g/mol. The van der Waals surface area contributed by atoms with Crippen LogP contribution in [0.4, 0.5) is 0 Å². The first-order chi connectivity index (χ1) is 8.83. The number of nitrogens with one attached hydrogen (secondary N) is 1. The molecule has 20 heavy (non-hydrogen) atoms. The normalized spacial score (nSPS) is 9.45. The van der Waals surface area contributed by atoms with E-state index in [2.05, 4.69) is 10.3 Å². The topological polar surface area (TPSA) is 72.9 Å². The van der Waals surface area contributed by atoms with Crippen molar-refractivity contribution in [1.82, 2.24) is 14.9 Å². The van der Waals surface area contributed by atoms with Gasteiger partial charge in [0.15, 0.2) is 0 Å². The van der Waals surface area contributed by atoms with Crippen molar-refractivity contribution in [3.63, 3.8) is 0 Å². The van der Waals surface area contributed by atoms with Crippen LogP contribution in [-0.2, 0) is 11.3 Å². The molecular formula is C13H26Cl2N4O. The number of aryl methyl sites for hydroxylation is 1. The third-order valence-corrected chi connectivity index (χ3v) is 2.83. The number of imidazole rings is 1. The minimum absolute atomic E-state index is 0. The van der Waals surface area contributed by atoms with Crippen LogP contribution in [0.1, 0.15) is 38.5 Å². The highest BCUT2D eigenvalue weighted by Crippen LogP contribution is 2.01. The zero-order valence-corrected chi connectivity index (χ0v) is 13.4. The summed E-state index contributed by atoms with van der Waals surface area (Å²) in [7, 11) is 0. The molecule has 0 fully saturated rings. The maximum Gasteiger partial charge on any atom is 0.219 e. The molecule has 5 nitrogen and oxygen atoms in total. The predicted octanol–water partition coefficient (Wildman–Crippen LogP) is 2.14. The maximum atomic E-state index is 11.5. The van der Waals surface area contributed by atoms with E-state index in [9.17, 15) is 4.79 Å². The first-order valence-electron chi connectivity index (χ1n) is 6.75. The van der Waals surface area contributed by atoms with Crippen LogP contribution in [0.15, 0.2) is 18.7 Å². The fourth-order valence-electron chi connectivity index (χ4n) is 1.78. The van der Waals surface area contributed by atoms with Crippen molar-refractivity contribution in [2.45, 2.75) is 45.1 Å². The first-order valence-corrected chi connectivity index (χ1v) is 6.75. The van der Waals surface area contributed by atoms with Crippen molar-refractivity contribution in [3.05, 3.63) is 18.7 Å². The van der Waals surface area contributed by atoms with Gasteiger partial charge in [-0.05, 0) is 25.8 Å². The minimum Gasteiger partial charge on any atom is -0.356 e. The summed E-state index contributed by atoms with van der Waals surface area (Å²) in [5, 5.41) is 2.94. The summed E-state index contributed by atoms with van der Waals surface area (Å²) in [6.45, 7) is 2.39. The molecule has 0 spiro atoms. The van der Waals surface area contributed by atoms with Crippen LogP contribution < -0.4 is 11.1 Å². The summed E-state index contributed by atoms with van der Waals surface area (Å²) in [6.07, 6.45) is 11.3. The van der Waals surface area contributed by atoms with E-state index in [-0.39, 0.29) is 30.7 Å². The third-order valence-electron chi connectivity index (χ3n) is 2.83. The van der Waals surface area contributed by atoms with Crippen LogP contribution in [0.2, 0.25) is 0 Å². The van der Waals surface area contributed by atoms with E-state index < -0.39 is 0 Å². The molecule has 0 saturated carbocycles. The molecule has 118 valence electrons. The van der Waals surface area contributed by atoms with Gasteiger partial charge in [0, 0.05) is 31.9 Å². The number of nitrogens with zero attached hydrogens (tertiary/aromatic N) is 2. The van der Waals surface area contributed by atoms with E-state index in [1.807, 2.05) is 10.8 Å². The van der Waals surface area contributed by atoms with Gasteiger partial charge in [0.25, 0.3) is 0 Å². The molecule has 3 N–H and O–H groups in total. The molecule has 0 aliphatic carbocycles. The second kappa shape index (κ2) is 14.6. The van der Waals surface area contributed by atoms with Crippen molar-refractivity contribution in [2.75, 3.05) is 13.1 Å². The lowest BCUT2D eigenvalue weighted by molar-refractivity contribution is -0.121. The Balaban J connectivity index is 0. The van der Waals surface area contributed by atoms with Gasteiger partial charge >= 0.3 is 0 Å². The minimum atomic E-state index is 0. The van der Waals surface area contributed by atoms with Gasteiger partial charge in [-0.2, -0.15) is 0 Å². The van der Waals surface area contributed by atoms with E-state index in [0.717, 1.165) is 51.7 Å². The Morgan fingerprint density at radius 2 is 1.90 bits per heavy atom. The molecule has 1 amide bonds. The number of halogens is 2. The van der Waals surface area contributed by atoms with Gasteiger partial charge in [-0.1, -0.05) is 12.8 Å². The standard InChI is InChI=1S/C13H24N4O.2ClH/c14-7-4-2-1-3-6-13(18)16-8-5-10-17-11-9-15-12-17;;/h9,11-12H,1-8,10,14H2,(H,16,18);2*1H. The summed E-state index contributed by atoms with van der Waals surface area (Å²) in [5.74, 6) is 0.161. The van der Waals surface area contributed by atoms with Gasteiger partial charge in [0.2, 0.25) is 5.91 Å². The van der Waals surface area contributed by atoms with Crippen LogP contribution in [0, 0.1) is 0 Å². The Morgan fingerprint density at radius 3 is 2.55 bits per heavy atom. The number of amides is 1. The summed E-state index contributed by atoms with van der Waals surface area (Å²) in [4.78, 5) is 15.4. The van der Waals surface area contributed by atoms with Gasteiger partial charge in [-0.3, -0.25) is 4.79 Å². The Hall–Kier alpha value is -0.780. The Kier molecular flexibility index (Phi) is 15.7. The average Bonchev–Trinajstić information content (AvgIpc) is 2.87. The number of rotatable bonds is 10. The number of unbranched alkanes of at least 4 members (excludes halogenated alkanes) is 3. The lowest BCUT2D eigenvalue weighted by Crippen LogP contribution is -2.24. The molecule has 1 aromatic heterocycles. The SMILES string of the molecule is Cl.Cl.NCCCCCCC(=O)NCCCn1ccnc1.